The van der Waals surface area contributed by atoms with Gasteiger partial charge in [0.2, 0.25) is 0 Å². The van der Waals surface area contributed by atoms with E-state index in [1.807, 2.05) is 0 Å². The maximum atomic E-state index is 12.6. The third-order valence-corrected chi connectivity index (χ3v) is 4.68. The standard InChI is InChI=1S/C19H17N3O4/c1-22-18(10-7-8-13(24)14(9-10)26-2)15-16(20-21-17(15)19(22)25)11-5-3-4-6-12(11)23/h3-9,18,23-24H,1-2H3,(H,20,21). The van der Waals surface area contributed by atoms with Gasteiger partial charge in [-0.1, -0.05) is 18.2 Å². The van der Waals surface area contributed by atoms with Crippen molar-refractivity contribution in [1.29, 1.82) is 0 Å². The van der Waals surface area contributed by atoms with Gasteiger partial charge >= 0.3 is 0 Å². The second-order valence-corrected chi connectivity index (χ2v) is 6.13. The van der Waals surface area contributed by atoms with Gasteiger partial charge in [-0.15, -0.1) is 0 Å². The van der Waals surface area contributed by atoms with Gasteiger partial charge < -0.3 is 19.8 Å². The Morgan fingerprint density at radius 1 is 1.15 bits per heavy atom. The third kappa shape index (κ3) is 2.21. The van der Waals surface area contributed by atoms with Crippen molar-refractivity contribution in [2.75, 3.05) is 14.2 Å². The summed E-state index contributed by atoms with van der Waals surface area (Å²) in [6.45, 7) is 0. The molecule has 1 amide bonds. The van der Waals surface area contributed by atoms with Crippen LogP contribution in [-0.2, 0) is 0 Å². The summed E-state index contributed by atoms with van der Waals surface area (Å²) < 4.78 is 5.19. The lowest BCUT2D eigenvalue weighted by Gasteiger charge is -2.22. The van der Waals surface area contributed by atoms with Crippen molar-refractivity contribution < 1.29 is 19.7 Å². The number of fused-ring (bicyclic) bond motifs is 1. The number of aromatic nitrogens is 2. The van der Waals surface area contributed by atoms with E-state index >= 15 is 0 Å². The quantitative estimate of drug-likeness (QED) is 0.674. The summed E-state index contributed by atoms with van der Waals surface area (Å²) in [5, 5.41) is 27.2. The van der Waals surface area contributed by atoms with Crippen molar-refractivity contribution in [2.45, 2.75) is 6.04 Å². The van der Waals surface area contributed by atoms with Crippen molar-refractivity contribution in [1.82, 2.24) is 15.1 Å². The first-order valence-corrected chi connectivity index (χ1v) is 8.03. The van der Waals surface area contributed by atoms with Gasteiger partial charge in [0.25, 0.3) is 5.91 Å². The van der Waals surface area contributed by atoms with Gasteiger partial charge in [0.1, 0.15) is 17.1 Å². The lowest BCUT2D eigenvalue weighted by Crippen LogP contribution is -2.24. The molecule has 4 rings (SSSR count). The maximum absolute atomic E-state index is 12.6. The number of amides is 1. The van der Waals surface area contributed by atoms with Crippen LogP contribution in [0.4, 0.5) is 0 Å². The molecule has 3 N–H and O–H groups in total. The van der Waals surface area contributed by atoms with E-state index in [0.717, 1.165) is 5.56 Å². The minimum atomic E-state index is -0.416. The molecule has 132 valence electrons. The number of aromatic hydroxyl groups is 2. The van der Waals surface area contributed by atoms with E-state index in [-0.39, 0.29) is 17.4 Å². The zero-order valence-corrected chi connectivity index (χ0v) is 14.2. The van der Waals surface area contributed by atoms with Gasteiger partial charge in [-0.05, 0) is 29.8 Å². The van der Waals surface area contributed by atoms with Gasteiger partial charge in [0.15, 0.2) is 11.5 Å². The molecule has 0 saturated heterocycles. The molecule has 26 heavy (non-hydrogen) atoms. The predicted molar refractivity (Wildman–Crippen MR) is 94.3 cm³/mol. The zero-order chi connectivity index (χ0) is 18.4. The van der Waals surface area contributed by atoms with E-state index in [9.17, 15) is 15.0 Å². The highest BCUT2D eigenvalue weighted by molar-refractivity contribution is 6.00. The van der Waals surface area contributed by atoms with Gasteiger partial charge in [0, 0.05) is 18.2 Å². The van der Waals surface area contributed by atoms with E-state index in [1.54, 1.807) is 48.3 Å². The van der Waals surface area contributed by atoms with Gasteiger partial charge in [-0.2, -0.15) is 5.10 Å². The van der Waals surface area contributed by atoms with Crippen molar-refractivity contribution >= 4 is 5.91 Å². The highest BCUT2D eigenvalue weighted by Crippen LogP contribution is 2.44. The lowest BCUT2D eigenvalue weighted by atomic mass is 9.95. The van der Waals surface area contributed by atoms with E-state index in [1.165, 1.54) is 13.2 Å². The van der Waals surface area contributed by atoms with Crippen LogP contribution >= 0.6 is 0 Å². The van der Waals surface area contributed by atoms with Crippen LogP contribution in [0.3, 0.4) is 0 Å². The molecule has 2 heterocycles. The number of hydrogen-bond donors (Lipinski definition) is 3. The first kappa shape index (κ1) is 16.0. The van der Waals surface area contributed by atoms with Crippen LogP contribution in [0.5, 0.6) is 17.2 Å². The SMILES string of the molecule is COc1cc(C2c3c(-c4ccccc4O)n[nH]c3C(=O)N2C)ccc1O. The summed E-state index contributed by atoms with van der Waals surface area (Å²) in [5.41, 5.74) is 2.92. The Balaban J connectivity index is 1.92. The highest BCUT2D eigenvalue weighted by Gasteiger charge is 2.40. The van der Waals surface area contributed by atoms with E-state index < -0.39 is 6.04 Å². The molecule has 1 aromatic heterocycles. The fourth-order valence-corrected chi connectivity index (χ4v) is 3.40. The molecule has 1 aliphatic rings. The van der Waals surface area contributed by atoms with Gasteiger partial charge in [-0.3, -0.25) is 9.89 Å². The van der Waals surface area contributed by atoms with E-state index in [4.69, 9.17) is 4.74 Å². The topological polar surface area (TPSA) is 98.7 Å². The van der Waals surface area contributed by atoms with Crippen LogP contribution < -0.4 is 4.74 Å². The number of hydrogen-bond acceptors (Lipinski definition) is 5. The monoisotopic (exact) mass is 351 g/mol. The van der Waals surface area contributed by atoms with Crippen molar-refractivity contribution in [3.05, 3.63) is 59.3 Å². The van der Waals surface area contributed by atoms with Crippen LogP contribution in [-0.4, -0.2) is 45.4 Å². The van der Waals surface area contributed by atoms with Crippen molar-refractivity contribution in [3.8, 4) is 28.5 Å². The summed E-state index contributed by atoms with van der Waals surface area (Å²) in [6, 6.07) is 11.4. The van der Waals surface area contributed by atoms with Crippen LogP contribution in [0.2, 0.25) is 0 Å². The number of rotatable bonds is 3. The van der Waals surface area contributed by atoms with Crippen LogP contribution in [0.1, 0.15) is 27.7 Å². The number of methoxy groups -OCH3 is 1. The second kappa shape index (κ2) is 5.80. The summed E-state index contributed by atoms with van der Waals surface area (Å²) in [5.74, 6) is 0.248. The largest absolute Gasteiger partial charge is 0.507 e. The molecule has 0 aliphatic carbocycles. The fraction of sp³-hybridized carbons (Fsp3) is 0.158. The molecule has 2 aromatic carbocycles. The van der Waals surface area contributed by atoms with Gasteiger partial charge in [-0.25, -0.2) is 0 Å². The molecular formula is C19H17N3O4. The lowest BCUT2D eigenvalue weighted by molar-refractivity contribution is 0.0787. The van der Waals surface area contributed by atoms with Crippen molar-refractivity contribution in [3.63, 3.8) is 0 Å². The number of nitrogens with one attached hydrogen (secondary N) is 1. The number of nitrogens with zero attached hydrogens (tertiary/aromatic N) is 2. The normalized spacial score (nSPS) is 16.0. The number of carbonyl (C=O) groups is 1. The summed E-state index contributed by atoms with van der Waals surface area (Å²) in [4.78, 5) is 14.2. The number of benzene rings is 2. The zero-order valence-electron chi connectivity index (χ0n) is 14.2. The average Bonchev–Trinajstić information content (AvgIpc) is 3.16. The number of aromatic amines is 1. The Hall–Kier alpha value is -3.48. The van der Waals surface area contributed by atoms with Crippen LogP contribution in [0, 0.1) is 0 Å². The average molecular weight is 351 g/mol. The Bertz CT molecular complexity index is 1010. The predicted octanol–water partition coefficient (Wildman–Crippen LogP) is 2.67. The Morgan fingerprint density at radius 2 is 1.92 bits per heavy atom. The van der Waals surface area contributed by atoms with Crippen LogP contribution in [0.25, 0.3) is 11.3 Å². The minimum absolute atomic E-state index is 0.0246. The first-order chi connectivity index (χ1) is 12.5. The Kier molecular flexibility index (Phi) is 3.57. The number of phenols is 2. The number of para-hydroxylation sites is 1. The van der Waals surface area contributed by atoms with Crippen LogP contribution in [0.15, 0.2) is 42.5 Å². The third-order valence-electron chi connectivity index (χ3n) is 4.68. The molecule has 0 bridgehead atoms. The summed E-state index contributed by atoms with van der Waals surface area (Å²) >= 11 is 0. The fourth-order valence-electron chi connectivity index (χ4n) is 3.40. The molecule has 0 spiro atoms. The Morgan fingerprint density at radius 3 is 2.65 bits per heavy atom. The Labute approximate surface area is 149 Å². The molecule has 0 radical (unpaired) electrons. The summed E-state index contributed by atoms with van der Waals surface area (Å²) in [7, 11) is 3.17. The first-order valence-electron chi connectivity index (χ1n) is 8.03. The molecule has 7 heteroatoms. The molecule has 7 nitrogen and oxygen atoms in total. The molecule has 1 aliphatic heterocycles. The molecular weight excluding hydrogens is 334 g/mol. The van der Waals surface area contributed by atoms with E-state index in [2.05, 4.69) is 10.2 Å². The smallest absolute Gasteiger partial charge is 0.272 e. The number of H-pyrrole nitrogens is 1. The minimum Gasteiger partial charge on any atom is -0.507 e. The molecule has 0 fully saturated rings. The van der Waals surface area contributed by atoms with Gasteiger partial charge in [0.05, 0.1) is 13.2 Å². The second-order valence-electron chi connectivity index (χ2n) is 6.13. The number of carbonyl (C=O) groups excluding carboxylic acids is 1. The molecule has 1 atom stereocenters. The molecule has 1 unspecified atom stereocenters. The number of ether oxygens (including phenoxy) is 1. The molecule has 0 saturated carbocycles. The van der Waals surface area contributed by atoms with E-state index in [0.29, 0.717) is 28.3 Å². The maximum Gasteiger partial charge on any atom is 0.272 e. The highest BCUT2D eigenvalue weighted by atomic mass is 16.5. The molecule has 3 aromatic rings. The summed E-state index contributed by atoms with van der Waals surface area (Å²) in [6.07, 6.45) is 0. The number of phenolic OH excluding ortho intramolecular Hbond substituents is 2. The van der Waals surface area contributed by atoms with Crippen molar-refractivity contribution in [2.24, 2.45) is 0 Å².